The fourth-order valence-electron chi connectivity index (χ4n) is 3.02. The molecule has 5 heteroatoms. The van der Waals surface area contributed by atoms with E-state index in [0.717, 1.165) is 34.7 Å². The molecule has 1 saturated heterocycles. The summed E-state index contributed by atoms with van der Waals surface area (Å²) in [5, 5.41) is 2.99. The van der Waals surface area contributed by atoms with E-state index in [0.29, 0.717) is 11.4 Å². The van der Waals surface area contributed by atoms with E-state index in [1.807, 2.05) is 66.4 Å². The number of hydrogen-bond donors (Lipinski definition) is 1. The minimum absolute atomic E-state index is 0.186. The number of carbonyl (C=O) groups is 1. The molecule has 4 rings (SSSR count). The molecule has 1 aliphatic rings. The molecule has 1 unspecified atom stereocenters. The molecule has 1 aliphatic heterocycles. The number of rotatable bonds is 5. The van der Waals surface area contributed by atoms with Crippen molar-refractivity contribution in [2.45, 2.75) is 12.5 Å². The van der Waals surface area contributed by atoms with Crippen molar-refractivity contribution < 1.29 is 9.53 Å². The molecule has 3 aromatic rings. The number of benzene rings is 2. The summed E-state index contributed by atoms with van der Waals surface area (Å²) in [6.45, 7) is 0. The normalized spacial score (nSPS) is 16.1. The largest absolute Gasteiger partial charge is 0.473 e. The van der Waals surface area contributed by atoms with Crippen LogP contribution in [-0.2, 0) is 0 Å². The predicted octanol–water partition coefficient (Wildman–Crippen LogP) is 4.89. The number of ether oxygens (including phenoxy) is 1. The number of carbonyl (C=O) groups excluding carboxylic acids is 1. The van der Waals surface area contributed by atoms with Crippen molar-refractivity contribution in [1.29, 1.82) is 0 Å². The third kappa shape index (κ3) is 4.31. The number of para-hydroxylation sites is 1. The Morgan fingerprint density at radius 2 is 1.85 bits per heavy atom. The number of pyridine rings is 1. The monoisotopic (exact) mass is 376 g/mol. The van der Waals surface area contributed by atoms with Crippen LogP contribution in [0.1, 0.15) is 16.8 Å². The van der Waals surface area contributed by atoms with E-state index in [1.54, 1.807) is 18.3 Å². The molecule has 1 aromatic heterocycles. The quantitative estimate of drug-likeness (QED) is 0.689. The number of aromatic nitrogens is 1. The maximum atomic E-state index is 12.7. The van der Waals surface area contributed by atoms with Crippen molar-refractivity contribution in [3.05, 3.63) is 78.5 Å². The van der Waals surface area contributed by atoms with Gasteiger partial charge in [-0.2, -0.15) is 11.8 Å². The molecular weight excluding hydrogens is 356 g/mol. The molecule has 1 fully saturated rings. The van der Waals surface area contributed by atoms with Gasteiger partial charge in [-0.15, -0.1) is 0 Å². The van der Waals surface area contributed by atoms with Crippen LogP contribution in [0.15, 0.2) is 72.9 Å². The highest BCUT2D eigenvalue weighted by Gasteiger charge is 2.18. The molecule has 136 valence electrons. The fraction of sp³-hybridized carbons (Fsp3) is 0.182. The molecule has 1 amide bonds. The summed E-state index contributed by atoms with van der Waals surface area (Å²) < 4.78 is 5.84. The Kier molecular flexibility index (Phi) is 5.39. The molecule has 2 aromatic carbocycles. The summed E-state index contributed by atoms with van der Waals surface area (Å²) in [6, 6.07) is 21.3. The minimum Gasteiger partial charge on any atom is -0.473 e. The Hall–Kier alpha value is -2.79. The topological polar surface area (TPSA) is 51.2 Å². The fourth-order valence-corrected chi connectivity index (χ4v) is 4.11. The summed E-state index contributed by atoms with van der Waals surface area (Å²) in [4.78, 5) is 17.0. The Labute approximate surface area is 163 Å². The van der Waals surface area contributed by atoms with Crippen molar-refractivity contribution in [2.75, 3.05) is 16.8 Å². The van der Waals surface area contributed by atoms with Gasteiger partial charge >= 0.3 is 0 Å². The lowest BCUT2D eigenvalue weighted by Gasteiger charge is -2.13. The van der Waals surface area contributed by atoms with Gasteiger partial charge in [-0.25, -0.2) is 4.98 Å². The molecule has 4 nitrogen and oxygen atoms in total. The van der Waals surface area contributed by atoms with Crippen molar-refractivity contribution >= 4 is 23.4 Å². The molecule has 0 saturated carbocycles. The first kappa shape index (κ1) is 17.6. The maximum Gasteiger partial charge on any atom is 0.257 e. The lowest BCUT2D eigenvalue weighted by Crippen LogP contribution is -2.16. The van der Waals surface area contributed by atoms with E-state index in [9.17, 15) is 4.79 Å². The van der Waals surface area contributed by atoms with Crippen LogP contribution in [0.5, 0.6) is 5.88 Å². The lowest BCUT2D eigenvalue weighted by atomic mass is 10.0. The summed E-state index contributed by atoms with van der Waals surface area (Å²) in [5.41, 5.74) is 3.32. The second kappa shape index (κ2) is 8.27. The summed E-state index contributed by atoms with van der Waals surface area (Å²) in [5.74, 6) is 2.52. The molecule has 1 atom stereocenters. The molecular formula is C22H20N2O2S. The third-order valence-electron chi connectivity index (χ3n) is 4.43. The van der Waals surface area contributed by atoms with Crippen LogP contribution in [0.25, 0.3) is 11.1 Å². The first-order valence-electron chi connectivity index (χ1n) is 8.96. The van der Waals surface area contributed by atoms with Gasteiger partial charge in [-0.1, -0.05) is 48.5 Å². The second-order valence-electron chi connectivity index (χ2n) is 6.35. The number of amides is 1. The summed E-state index contributed by atoms with van der Waals surface area (Å²) in [7, 11) is 0. The van der Waals surface area contributed by atoms with E-state index in [1.165, 1.54) is 0 Å². The van der Waals surface area contributed by atoms with Crippen LogP contribution in [-0.4, -0.2) is 28.5 Å². The van der Waals surface area contributed by atoms with E-state index in [-0.39, 0.29) is 12.0 Å². The van der Waals surface area contributed by atoms with Crippen LogP contribution in [0, 0.1) is 0 Å². The van der Waals surface area contributed by atoms with Gasteiger partial charge in [-0.05, 0) is 29.9 Å². The second-order valence-corrected chi connectivity index (χ2v) is 7.50. The Morgan fingerprint density at radius 1 is 1.04 bits per heavy atom. The zero-order chi connectivity index (χ0) is 18.5. The Morgan fingerprint density at radius 3 is 2.59 bits per heavy atom. The van der Waals surface area contributed by atoms with Gasteiger partial charge in [0.05, 0.1) is 5.56 Å². The van der Waals surface area contributed by atoms with E-state index < -0.39 is 0 Å². The first-order chi connectivity index (χ1) is 13.3. The molecule has 2 heterocycles. The number of thioether (sulfide) groups is 1. The number of anilines is 1. The molecule has 27 heavy (non-hydrogen) atoms. The van der Waals surface area contributed by atoms with Gasteiger partial charge in [-0.3, -0.25) is 4.79 Å². The maximum absolute atomic E-state index is 12.7. The number of nitrogens with one attached hydrogen (secondary N) is 1. The number of nitrogens with zero attached hydrogens (tertiary/aromatic N) is 1. The van der Waals surface area contributed by atoms with Crippen molar-refractivity contribution in [1.82, 2.24) is 4.98 Å². The van der Waals surface area contributed by atoms with Crippen LogP contribution in [0.2, 0.25) is 0 Å². The van der Waals surface area contributed by atoms with Gasteiger partial charge in [0.15, 0.2) is 0 Å². The molecule has 0 aliphatic carbocycles. The van der Waals surface area contributed by atoms with E-state index in [4.69, 9.17) is 4.74 Å². The third-order valence-corrected chi connectivity index (χ3v) is 5.57. The average molecular weight is 376 g/mol. The van der Waals surface area contributed by atoms with E-state index >= 15 is 0 Å². The highest BCUT2D eigenvalue weighted by atomic mass is 32.2. The molecule has 0 radical (unpaired) electrons. The van der Waals surface area contributed by atoms with Crippen molar-refractivity contribution in [2.24, 2.45) is 0 Å². The van der Waals surface area contributed by atoms with Crippen molar-refractivity contribution in [3.63, 3.8) is 0 Å². The minimum atomic E-state index is -0.186. The van der Waals surface area contributed by atoms with Gasteiger partial charge < -0.3 is 10.1 Å². The summed E-state index contributed by atoms with van der Waals surface area (Å²) in [6.07, 6.45) is 2.84. The highest BCUT2D eigenvalue weighted by molar-refractivity contribution is 7.99. The van der Waals surface area contributed by atoms with Gasteiger partial charge in [0, 0.05) is 29.3 Å². The zero-order valence-electron chi connectivity index (χ0n) is 14.8. The average Bonchev–Trinajstić information content (AvgIpc) is 3.23. The number of hydrogen-bond acceptors (Lipinski definition) is 4. The lowest BCUT2D eigenvalue weighted by molar-refractivity contribution is 0.102. The highest BCUT2D eigenvalue weighted by Crippen LogP contribution is 2.28. The predicted molar refractivity (Wildman–Crippen MR) is 110 cm³/mol. The van der Waals surface area contributed by atoms with Crippen LogP contribution in [0.4, 0.5) is 5.69 Å². The molecule has 0 spiro atoms. The molecule has 0 bridgehead atoms. The van der Waals surface area contributed by atoms with E-state index in [2.05, 4.69) is 10.3 Å². The zero-order valence-corrected chi connectivity index (χ0v) is 15.6. The first-order valence-corrected chi connectivity index (χ1v) is 10.1. The Bertz CT molecular complexity index is 907. The van der Waals surface area contributed by atoms with Gasteiger partial charge in [0.2, 0.25) is 5.88 Å². The SMILES string of the molecule is O=C(Nc1ccccc1-c1ccccc1)c1ccc(OC2CCSC2)nc1. The van der Waals surface area contributed by atoms with Crippen LogP contribution >= 0.6 is 11.8 Å². The van der Waals surface area contributed by atoms with Gasteiger partial charge in [0.25, 0.3) is 5.91 Å². The van der Waals surface area contributed by atoms with Crippen LogP contribution < -0.4 is 10.1 Å². The summed E-state index contributed by atoms with van der Waals surface area (Å²) >= 11 is 1.89. The standard InChI is InChI=1S/C22H20N2O2S/c25-22(17-10-11-21(23-14-17)26-18-12-13-27-15-18)24-20-9-5-4-8-19(20)16-6-2-1-3-7-16/h1-11,14,18H,12-13,15H2,(H,24,25). The smallest absolute Gasteiger partial charge is 0.257 e. The van der Waals surface area contributed by atoms with Crippen LogP contribution in [0.3, 0.4) is 0 Å². The Balaban J connectivity index is 1.48. The van der Waals surface area contributed by atoms with Gasteiger partial charge in [0.1, 0.15) is 6.10 Å². The van der Waals surface area contributed by atoms with Crippen molar-refractivity contribution in [3.8, 4) is 17.0 Å². The molecule has 1 N–H and O–H groups in total.